The second-order valence-electron chi connectivity index (χ2n) is 5.67. The molecule has 5 nitrogen and oxygen atoms in total. The SMILES string of the molecule is Cl.OCCN(CCN1CCOCC1)CC1CCNCC1. The highest BCUT2D eigenvalue weighted by molar-refractivity contribution is 5.85. The molecule has 0 atom stereocenters. The van der Waals surface area contributed by atoms with E-state index >= 15 is 0 Å². The van der Waals surface area contributed by atoms with E-state index in [1.807, 2.05) is 0 Å². The lowest BCUT2D eigenvalue weighted by Gasteiger charge is -2.32. The summed E-state index contributed by atoms with van der Waals surface area (Å²) in [5.41, 5.74) is 0. The second-order valence-corrected chi connectivity index (χ2v) is 5.67. The third kappa shape index (κ3) is 6.70. The number of piperidine rings is 1. The first kappa shape index (κ1) is 18.1. The summed E-state index contributed by atoms with van der Waals surface area (Å²) in [6.07, 6.45) is 2.55. The monoisotopic (exact) mass is 307 g/mol. The van der Waals surface area contributed by atoms with E-state index in [4.69, 9.17) is 4.74 Å². The normalized spacial score (nSPS) is 21.9. The van der Waals surface area contributed by atoms with Gasteiger partial charge in [0.1, 0.15) is 0 Å². The zero-order valence-electron chi connectivity index (χ0n) is 12.4. The van der Waals surface area contributed by atoms with Crippen LogP contribution < -0.4 is 5.32 Å². The maximum Gasteiger partial charge on any atom is 0.0594 e. The van der Waals surface area contributed by atoms with Gasteiger partial charge in [-0.15, -0.1) is 12.4 Å². The molecule has 0 aromatic rings. The van der Waals surface area contributed by atoms with Crippen molar-refractivity contribution in [2.75, 3.05) is 72.2 Å². The van der Waals surface area contributed by atoms with Crippen LogP contribution in [0, 0.1) is 5.92 Å². The molecule has 2 N–H and O–H groups in total. The molecule has 0 amide bonds. The number of ether oxygens (including phenoxy) is 1. The average molecular weight is 308 g/mol. The minimum absolute atomic E-state index is 0. The van der Waals surface area contributed by atoms with Crippen molar-refractivity contribution in [3.8, 4) is 0 Å². The van der Waals surface area contributed by atoms with Gasteiger partial charge in [-0.05, 0) is 31.8 Å². The average Bonchev–Trinajstić information content (AvgIpc) is 2.47. The van der Waals surface area contributed by atoms with Gasteiger partial charge in [0.25, 0.3) is 0 Å². The van der Waals surface area contributed by atoms with Crippen LogP contribution in [0.4, 0.5) is 0 Å². The Morgan fingerprint density at radius 3 is 2.50 bits per heavy atom. The van der Waals surface area contributed by atoms with Crippen molar-refractivity contribution in [1.29, 1.82) is 0 Å². The van der Waals surface area contributed by atoms with E-state index in [0.29, 0.717) is 0 Å². The zero-order chi connectivity index (χ0) is 13.3. The highest BCUT2D eigenvalue weighted by Gasteiger charge is 2.18. The molecule has 0 aliphatic carbocycles. The first-order chi connectivity index (χ1) is 9.38. The summed E-state index contributed by atoms with van der Waals surface area (Å²) in [5.74, 6) is 0.803. The van der Waals surface area contributed by atoms with E-state index < -0.39 is 0 Å². The molecule has 0 bridgehead atoms. The maximum atomic E-state index is 9.22. The molecule has 0 spiro atoms. The van der Waals surface area contributed by atoms with Crippen molar-refractivity contribution in [2.24, 2.45) is 5.92 Å². The lowest BCUT2D eigenvalue weighted by molar-refractivity contribution is 0.0312. The van der Waals surface area contributed by atoms with Gasteiger partial charge in [-0.2, -0.15) is 0 Å². The summed E-state index contributed by atoms with van der Waals surface area (Å²) in [6, 6.07) is 0. The standard InChI is InChI=1S/C14H29N3O2.ClH/c18-10-7-17(13-14-1-3-15-4-2-14)6-5-16-8-11-19-12-9-16;/h14-15,18H,1-13H2;1H. The highest BCUT2D eigenvalue weighted by atomic mass is 35.5. The molecule has 2 fully saturated rings. The van der Waals surface area contributed by atoms with Crippen LogP contribution in [0.3, 0.4) is 0 Å². The third-order valence-corrected chi connectivity index (χ3v) is 4.23. The van der Waals surface area contributed by atoms with E-state index in [9.17, 15) is 5.11 Å². The van der Waals surface area contributed by atoms with Crippen LogP contribution >= 0.6 is 12.4 Å². The predicted octanol–water partition coefficient (Wildman–Crippen LogP) is 0.0343. The molecular weight excluding hydrogens is 278 g/mol. The lowest BCUT2D eigenvalue weighted by Crippen LogP contribution is -2.44. The topological polar surface area (TPSA) is 48.0 Å². The van der Waals surface area contributed by atoms with Crippen LogP contribution in [0.5, 0.6) is 0 Å². The van der Waals surface area contributed by atoms with Crippen molar-refractivity contribution in [3.63, 3.8) is 0 Å². The highest BCUT2D eigenvalue weighted by Crippen LogP contribution is 2.13. The van der Waals surface area contributed by atoms with E-state index in [0.717, 1.165) is 71.5 Å². The molecule has 0 aromatic carbocycles. The van der Waals surface area contributed by atoms with E-state index in [-0.39, 0.29) is 19.0 Å². The number of aliphatic hydroxyl groups excluding tert-OH is 1. The molecule has 0 saturated carbocycles. The summed E-state index contributed by atoms with van der Waals surface area (Å²) in [6.45, 7) is 10.6. The predicted molar refractivity (Wildman–Crippen MR) is 83.6 cm³/mol. The van der Waals surface area contributed by atoms with Gasteiger partial charge in [0.05, 0.1) is 19.8 Å². The molecular formula is C14H30ClN3O2. The van der Waals surface area contributed by atoms with Crippen LogP contribution in [0.15, 0.2) is 0 Å². The Labute approximate surface area is 129 Å². The molecule has 0 aromatic heterocycles. The van der Waals surface area contributed by atoms with Crippen LogP contribution in [0.2, 0.25) is 0 Å². The summed E-state index contributed by atoms with van der Waals surface area (Å²) in [5, 5.41) is 12.6. The van der Waals surface area contributed by atoms with Crippen LogP contribution in [0.25, 0.3) is 0 Å². The van der Waals surface area contributed by atoms with Gasteiger partial charge < -0.3 is 15.2 Å². The quantitative estimate of drug-likeness (QED) is 0.695. The Morgan fingerprint density at radius 1 is 1.15 bits per heavy atom. The van der Waals surface area contributed by atoms with Crippen molar-refractivity contribution in [3.05, 3.63) is 0 Å². The molecule has 120 valence electrons. The summed E-state index contributed by atoms with van der Waals surface area (Å²) >= 11 is 0. The van der Waals surface area contributed by atoms with E-state index in [1.165, 1.54) is 12.8 Å². The van der Waals surface area contributed by atoms with Crippen molar-refractivity contribution in [2.45, 2.75) is 12.8 Å². The number of halogens is 1. The van der Waals surface area contributed by atoms with E-state index in [1.54, 1.807) is 0 Å². The van der Waals surface area contributed by atoms with Gasteiger partial charge in [0, 0.05) is 39.3 Å². The molecule has 2 heterocycles. The molecule has 20 heavy (non-hydrogen) atoms. The molecule has 2 aliphatic rings. The summed E-state index contributed by atoms with van der Waals surface area (Å²) < 4.78 is 5.37. The number of hydrogen-bond donors (Lipinski definition) is 2. The number of hydrogen-bond acceptors (Lipinski definition) is 5. The summed E-state index contributed by atoms with van der Waals surface area (Å²) in [4.78, 5) is 4.90. The Hall–Kier alpha value is 0.0900. The second kappa shape index (κ2) is 10.8. The van der Waals surface area contributed by atoms with Gasteiger partial charge in [-0.3, -0.25) is 9.80 Å². The Bertz CT molecular complexity index is 234. The van der Waals surface area contributed by atoms with E-state index in [2.05, 4.69) is 15.1 Å². The molecule has 2 rings (SSSR count). The van der Waals surface area contributed by atoms with Crippen LogP contribution in [-0.2, 0) is 4.74 Å². The summed E-state index contributed by atoms with van der Waals surface area (Å²) in [7, 11) is 0. The van der Waals surface area contributed by atoms with Gasteiger partial charge in [-0.1, -0.05) is 0 Å². The maximum absolute atomic E-state index is 9.22. The number of aliphatic hydroxyl groups is 1. The Morgan fingerprint density at radius 2 is 1.85 bits per heavy atom. The number of nitrogens with one attached hydrogen (secondary N) is 1. The van der Waals surface area contributed by atoms with Crippen LogP contribution in [0.1, 0.15) is 12.8 Å². The number of morpholine rings is 1. The Balaban J connectivity index is 0.00000200. The lowest BCUT2D eigenvalue weighted by atomic mass is 9.97. The van der Waals surface area contributed by atoms with Crippen molar-refractivity contribution < 1.29 is 9.84 Å². The van der Waals surface area contributed by atoms with Crippen LogP contribution in [-0.4, -0.2) is 87.1 Å². The van der Waals surface area contributed by atoms with Gasteiger partial charge in [0.15, 0.2) is 0 Å². The fourth-order valence-corrected chi connectivity index (χ4v) is 2.97. The van der Waals surface area contributed by atoms with Gasteiger partial charge in [0.2, 0.25) is 0 Å². The third-order valence-electron chi connectivity index (χ3n) is 4.23. The number of rotatable bonds is 7. The van der Waals surface area contributed by atoms with Crippen molar-refractivity contribution >= 4 is 12.4 Å². The van der Waals surface area contributed by atoms with Crippen molar-refractivity contribution in [1.82, 2.24) is 15.1 Å². The fourth-order valence-electron chi connectivity index (χ4n) is 2.97. The molecule has 6 heteroatoms. The number of nitrogens with zero attached hydrogens (tertiary/aromatic N) is 2. The first-order valence-corrected chi connectivity index (χ1v) is 7.72. The molecule has 0 unspecified atom stereocenters. The minimum atomic E-state index is 0. The Kier molecular flexibility index (Phi) is 9.76. The van der Waals surface area contributed by atoms with Gasteiger partial charge in [-0.25, -0.2) is 0 Å². The molecule has 2 aliphatic heterocycles. The minimum Gasteiger partial charge on any atom is -0.395 e. The fraction of sp³-hybridized carbons (Fsp3) is 1.00. The molecule has 2 saturated heterocycles. The zero-order valence-corrected chi connectivity index (χ0v) is 13.2. The largest absolute Gasteiger partial charge is 0.395 e. The smallest absolute Gasteiger partial charge is 0.0594 e. The first-order valence-electron chi connectivity index (χ1n) is 7.72. The van der Waals surface area contributed by atoms with Gasteiger partial charge >= 0.3 is 0 Å². The molecule has 0 radical (unpaired) electrons.